The molecule has 1 aromatic carbocycles. The molecule has 0 radical (unpaired) electrons. The van der Waals surface area contributed by atoms with Crippen LogP contribution in [0, 0.1) is 11.3 Å². The lowest BCUT2D eigenvalue weighted by atomic mass is 9.59. The smallest absolute Gasteiger partial charge is 0.378 e. The zero-order valence-electron chi connectivity index (χ0n) is 17.8. The number of carbonyl (C=O) groups is 1. The van der Waals surface area contributed by atoms with Gasteiger partial charge >= 0.3 is 12.1 Å². The highest BCUT2D eigenvalue weighted by Crippen LogP contribution is 2.55. The van der Waals surface area contributed by atoms with E-state index in [0.29, 0.717) is 25.3 Å². The van der Waals surface area contributed by atoms with Crippen molar-refractivity contribution < 1.29 is 22.7 Å². The zero-order valence-corrected chi connectivity index (χ0v) is 17.8. The molecule has 4 aliphatic rings. The van der Waals surface area contributed by atoms with E-state index in [1.54, 1.807) is 0 Å². The van der Waals surface area contributed by atoms with Crippen LogP contribution in [0.4, 0.5) is 13.2 Å². The highest BCUT2D eigenvalue weighted by molar-refractivity contribution is 5.83. The van der Waals surface area contributed by atoms with E-state index in [9.17, 15) is 18.0 Å². The Balaban J connectivity index is 1.27. The first-order valence-corrected chi connectivity index (χ1v) is 11.3. The van der Waals surface area contributed by atoms with Crippen LogP contribution in [-0.2, 0) is 9.53 Å². The van der Waals surface area contributed by atoms with E-state index in [-0.39, 0.29) is 23.4 Å². The Morgan fingerprint density at radius 1 is 1.23 bits per heavy atom. The van der Waals surface area contributed by atoms with Gasteiger partial charge in [0.2, 0.25) is 0 Å². The van der Waals surface area contributed by atoms with Gasteiger partial charge in [-0.25, -0.2) is 0 Å². The molecule has 0 N–H and O–H groups in total. The molecule has 7 heteroatoms. The van der Waals surface area contributed by atoms with Crippen molar-refractivity contribution >= 4 is 12.0 Å². The van der Waals surface area contributed by atoms with Crippen molar-refractivity contribution in [3.05, 3.63) is 41.5 Å². The minimum absolute atomic E-state index is 0.0260. The molecular weight excluding hydrogens is 405 g/mol. The molecule has 2 saturated carbocycles. The molecule has 31 heavy (non-hydrogen) atoms. The van der Waals surface area contributed by atoms with Gasteiger partial charge in [-0.2, -0.15) is 13.2 Å². The summed E-state index contributed by atoms with van der Waals surface area (Å²) in [6, 6.07) is 9.69. The minimum atomic E-state index is -4.82. The number of nitrogens with zero attached hydrogens (tertiary/aromatic N) is 2. The molecule has 2 atom stereocenters. The van der Waals surface area contributed by atoms with Crippen LogP contribution >= 0.6 is 0 Å². The van der Waals surface area contributed by atoms with Crippen molar-refractivity contribution in [2.75, 3.05) is 26.3 Å². The molecule has 5 rings (SSSR count). The van der Waals surface area contributed by atoms with Crippen LogP contribution in [0.25, 0.3) is 6.08 Å². The van der Waals surface area contributed by atoms with E-state index in [1.165, 1.54) is 4.90 Å². The maximum absolute atomic E-state index is 13.4. The van der Waals surface area contributed by atoms with Crippen LogP contribution < -0.4 is 0 Å². The predicted molar refractivity (Wildman–Crippen MR) is 111 cm³/mol. The molecule has 4 nitrogen and oxygen atoms in total. The van der Waals surface area contributed by atoms with Crippen LogP contribution in [0.2, 0.25) is 0 Å². The fourth-order valence-corrected chi connectivity index (χ4v) is 5.76. The number of ether oxygens (including phenoxy) is 1. The van der Waals surface area contributed by atoms with Gasteiger partial charge < -0.3 is 9.64 Å². The second-order valence-electron chi connectivity index (χ2n) is 9.76. The van der Waals surface area contributed by atoms with Crippen molar-refractivity contribution in [2.24, 2.45) is 11.3 Å². The summed E-state index contributed by atoms with van der Waals surface area (Å²) >= 11 is 0. The number of hydrogen-bond acceptors (Lipinski definition) is 3. The Morgan fingerprint density at radius 3 is 2.45 bits per heavy atom. The number of rotatable bonds is 6. The third kappa shape index (κ3) is 3.91. The Bertz CT molecular complexity index is 851. The van der Waals surface area contributed by atoms with Crippen molar-refractivity contribution in [1.29, 1.82) is 0 Å². The van der Waals surface area contributed by atoms with Crippen molar-refractivity contribution in [3.63, 3.8) is 0 Å². The molecular formula is C24H29F3N2O2. The highest BCUT2D eigenvalue weighted by Gasteiger charge is 2.61. The van der Waals surface area contributed by atoms with Gasteiger partial charge in [-0.15, -0.1) is 0 Å². The van der Waals surface area contributed by atoms with Gasteiger partial charge in [0.15, 0.2) is 0 Å². The van der Waals surface area contributed by atoms with Gasteiger partial charge in [-0.3, -0.25) is 9.69 Å². The summed E-state index contributed by atoms with van der Waals surface area (Å²) in [6.45, 7) is 5.40. The molecule has 1 aromatic rings. The molecule has 2 heterocycles. The average molecular weight is 435 g/mol. The third-order valence-electron chi connectivity index (χ3n) is 7.57. The van der Waals surface area contributed by atoms with Crippen molar-refractivity contribution in [2.45, 2.75) is 56.9 Å². The maximum Gasteiger partial charge on any atom is 0.471 e. The summed E-state index contributed by atoms with van der Waals surface area (Å²) in [5, 5.41) is 0. The predicted octanol–water partition coefficient (Wildman–Crippen LogP) is 4.12. The fraction of sp³-hybridized carbons (Fsp3) is 0.625. The summed E-state index contributed by atoms with van der Waals surface area (Å²) in [7, 11) is 0. The molecule has 2 aliphatic carbocycles. The first kappa shape index (κ1) is 21.0. The normalized spacial score (nSPS) is 28.6. The number of halogens is 3. The van der Waals surface area contributed by atoms with Gasteiger partial charge in [0, 0.05) is 31.1 Å². The van der Waals surface area contributed by atoms with Crippen molar-refractivity contribution in [1.82, 2.24) is 9.80 Å². The molecule has 2 aliphatic heterocycles. The van der Waals surface area contributed by atoms with Gasteiger partial charge in [0.25, 0.3) is 0 Å². The largest absolute Gasteiger partial charge is 0.471 e. The molecule has 168 valence electrons. The van der Waals surface area contributed by atoms with Crippen LogP contribution in [-0.4, -0.2) is 66.3 Å². The molecule has 1 amide bonds. The molecule has 0 bridgehead atoms. The number of carbonyl (C=O) groups excluding carboxylic acids is 1. The summed E-state index contributed by atoms with van der Waals surface area (Å²) < 4.78 is 45.6. The van der Waals surface area contributed by atoms with E-state index in [1.807, 2.05) is 37.3 Å². The summed E-state index contributed by atoms with van der Waals surface area (Å²) in [6.07, 6.45) is 0.0342. The SMILES string of the molecule is CC/C(=C\c1ccccc1)[C@@H]1C[C@H]1N(C(=O)C(F)(F)F)C1CC2(C1)CN(C1COC1)C2. The van der Waals surface area contributed by atoms with Crippen LogP contribution in [0.15, 0.2) is 35.9 Å². The lowest BCUT2D eigenvalue weighted by Crippen LogP contribution is -2.71. The number of hydrogen-bond donors (Lipinski definition) is 0. The number of likely N-dealkylation sites (tertiary alicyclic amines) is 1. The number of benzene rings is 1. The van der Waals surface area contributed by atoms with Gasteiger partial charge in [-0.05, 0) is 36.7 Å². The number of amides is 1. The van der Waals surface area contributed by atoms with Crippen LogP contribution in [0.5, 0.6) is 0 Å². The second kappa shape index (κ2) is 7.62. The average Bonchev–Trinajstić information content (AvgIpc) is 3.41. The maximum atomic E-state index is 13.4. The first-order valence-electron chi connectivity index (χ1n) is 11.3. The van der Waals surface area contributed by atoms with Crippen LogP contribution in [0.1, 0.15) is 38.2 Å². The molecule has 0 aromatic heterocycles. The van der Waals surface area contributed by atoms with E-state index in [2.05, 4.69) is 11.0 Å². The van der Waals surface area contributed by atoms with Gasteiger partial charge in [-0.1, -0.05) is 48.9 Å². The van der Waals surface area contributed by atoms with Crippen molar-refractivity contribution in [3.8, 4) is 0 Å². The van der Waals surface area contributed by atoms with E-state index in [0.717, 1.165) is 43.9 Å². The standard InChI is InChI=1S/C24H29F3N2O2/c1-2-17(8-16-6-4-3-5-7-16)20-9-21(20)29(22(30)24(25,26)27)18-10-23(11-18)14-28(15-23)19-12-31-13-19/h3-8,18-21H,2,9-15H2,1H3/b17-8+/t20-,21+/m0/s1. The highest BCUT2D eigenvalue weighted by atomic mass is 19.4. The monoisotopic (exact) mass is 434 g/mol. The Morgan fingerprint density at radius 2 is 1.90 bits per heavy atom. The second-order valence-corrected chi connectivity index (χ2v) is 9.76. The van der Waals surface area contributed by atoms with E-state index >= 15 is 0 Å². The summed E-state index contributed by atoms with van der Waals surface area (Å²) in [4.78, 5) is 16.0. The fourth-order valence-electron chi connectivity index (χ4n) is 5.76. The summed E-state index contributed by atoms with van der Waals surface area (Å²) in [5.74, 6) is -1.63. The first-order chi connectivity index (χ1) is 14.8. The molecule has 4 fully saturated rings. The Hall–Kier alpha value is -1.86. The topological polar surface area (TPSA) is 32.8 Å². The lowest BCUT2D eigenvalue weighted by molar-refractivity contribution is -0.204. The summed E-state index contributed by atoms with van der Waals surface area (Å²) in [5.41, 5.74) is 2.28. The van der Waals surface area contributed by atoms with E-state index < -0.39 is 12.1 Å². The number of alkyl halides is 3. The quantitative estimate of drug-likeness (QED) is 0.675. The van der Waals surface area contributed by atoms with Gasteiger partial charge in [0.05, 0.1) is 19.3 Å². The van der Waals surface area contributed by atoms with E-state index in [4.69, 9.17) is 4.74 Å². The third-order valence-corrected chi connectivity index (χ3v) is 7.57. The molecule has 1 spiro atoms. The Kier molecular flexibility index (Phi) is 5.17. The molecule has 2 saturated heterocycles. The molecule has 0 unspecified atom stereocenters. The lowest BCUT2D eigenvalue weighted by Gasteiger charge is -2.63. The minimum Gasteiger partial charge on any atom is -0.378 e. The Labute approximate surface area is 181 Å². The van der Waals surface area contributed by atoms with Crippen LogP contribution in [0.3, 0.4) is 0 Å². The van der Waals surface area contributed by atoms with Gasteiger partial charge in [0.1, 0.15) is 0 Å². The zero-order chi connectivity index (χ0) is 21.8.